The van der Waals surface area contributed by atoms with Crippen LogP contribution in [0.15, 0.2) is 52.3 Å². The van der Waals surface area contributed by atoms with Gasteiger partial charge in [-0.05, 0) is 99.9 Å². The van der Waals surface area contributed by atoms with Crippen molar-refractivity contribution >= 4 is 38.9 Å². The maximum absolute atomic E-state index is 13.4. The first-order valence-corrected chi connectivity index (χ1v) is 19.1. The largest absolute Gasteiger partial charge is 0.338 e. The molecule has 2 aromatic heterocycles. The number of piperazine rings is 1. The quantitative estimate of drug-likeness (QED) is 0.318. The number of hydrogen-bond acceptors (Lipinski definition) is 8. The van der Waals surface area contributed by atoms with E-state index in [9.17, 15) is 13.2 Å². The second kappa shape index (κ2) is 13.6. The van der Waals surface area contributed by atoms with Crippen molar-refractivity contribution in [2.75, 3.05) is 45.8 Å². The number of likely N-dealkylation sites (tertiary alicyclic amines) is 1. The number of aryl methyl sites for hydroxylation is 2. The highest BCUT2D eigenvalue weighted by molar-refractivity contribution is 7.89. The number of hydrogen-bond donors (Lipinski definition) is 0. The van der Waals surface area contributed by atoms with E-state index in [1.165, 1.54) is 11.9 Å². The first kappa shape index (κ1) is 33.5. The number of sulfonamides is 1. The van der Waals surface area contributed by atoms with Gasteiger partial charge in [0, 0.05) is 68.5 Å². The summed E-state index contributed by atoms with van der Waals surface area (Å²) in [6.07, 6.45) is 5.03. The lowest BCUT2D eigenvalue weighted by Gasteiger charge is -2.54. The van der Waals surface area contributed by atoms with Crippen molar-refractivity contribution in [1.29, 1.82) is 0 Å². The summed E-state index contributed by atoms with van der Waals surface area (Å²) in [6.45, 7) is 13.8. The molecule has 1 aromatic carbocycles. The van der Waals surface area contributed by atoms with Gasteiger partial charge in [-0.25, -0.2) is 18.4 Å². The molecule has 6 rings (SSSR count). The van der Waals surface area contributed by atoms with E-state index in [0.29, 0.717) is 35.6 Å². The van der Waals surface area contributed by atoms with Crippen molar-refractivity contribution < 1.29 is 13.2 Å². The van der Waals surface area contributed by atoms with E-state index >= 15 is 0 Å². The molecular weight excluding hydrogens is 640 g/mol. The molecule has 0 radical (unpaired) electrons. The van der Waals surface area contributed by atoms with Crippen LogP contribution in [0.4, 0.5) is 0 Å². The van der Waals surface area contributed by atoms with Gasteiger partial charge in [-0.1, -0.05) is 17.7 Å². The van der Waals surface area contributed by atoms with Gasteiger partial charge in [0.05, 0.1) is 21.8 Å². The maximum atomic E-state index is 13.4. The number of halogens is 1. The molecule has 0 N–H and O–H groups in total. The van der Waals surface area contributed by atoms with Gasteiger partial charge in [-0.2, -0.15) is 15.6 Å². The SMILES string of the molecule is Cc1ncnc(C)c1C(=O)N1CCC(C)(N2CCN([C@H](c3ccsc3)C3CCN(S(=O)(=O)c4cccc(Cl)c4)CC3)[C@@H](C)C2)CC1. The molecular formula is C34H45ClN6O3S2. The Hall–Kier alpha value is -2.41. The number of nitrogens with zero attached hydrogens (tertiary/aromatic N) is 6. The molecule has 0 bridgehead atoms. The molecule has 3 aliphatic rings. The summed E-state index contributed by atoms with van der Waals surface area (Å²) in [5, 5.41) is 4.86. The average Bonchev–Trinajstić information content (AvgIpc) is 3.57. The van der Waals surface area contributed by atoms with Gasteiger partial charge in [0.25, 0.3) is 5.91 Å². The number of piperidine rings is 2. The molecule has 0 saturated carbocycles. The molecule has 2 atom stereocenters. The molecule has 9 nitrogen and oxygen atoms in total. The summed E-state index contributed by atoms with van der Waals surface area (Å²) in [7, 11) is -3.58. The smallest absolute Gasteiger partial charge is 0.257 e. The van der Waals surface area contributed by atoms with E-state index in [2.05, 4.69) is 50.4 Å². The first-order chi connectivity index (χ1) is 22.0. The Labute approximate surface area is 282 Å². The van der Waals surface area contributed by atoms with Gasteiger partial charge >= 0.3 is 0 Å². The molecule has 3 fully saturated rings. The Morgan fingerprint density at radius 1 is 1.02 bits per heavy atom. The fourth-order valence-corrected chi connectivity index (χ4v) is 10.3. The molecule has 3 saturated heterocycles. The molecule has 0 aliphatic carbocycles. The van der Waals surface area contributed by atoms with Crippen molar-refractivity contribution in [3.05, 3.63) is 75.0 Å². The zero-order valence-electron chi connectivity index (χ0n) is 27.2. The Balaban J connectivity index is 1.10. The van der Waals surface area contributed by atoms with Crippen LogP contribution in [0.25, 0.3) is 0 Å². The zero-order chi connectivity index (χ0) is 32.6. The Kier molecular flexibility index (Phi) is 9.90. The number of thiophene rings is 1. The molecule has 12 heteroatoms. The third-order valence-corrected chi connectivity index (χ3v) is 13.5. The molecule has 248 valence electrons. The van der Waals surface area contributed by atoms with E-state index in [-0.39, 0.29) is 22.4 Å². The number of benzene rings is 1. The summed E-state index contributed by atoms with van der Waals surface area (Å²) in [5.41, 5.74) is 3.50. The van der Waals surface area contributed by atoms with Crippen molar-refractivity contribution in [3.63, 3.8) is 0 Å². The lowest BCUT2D eigenvalue weighted by molar-refractivity contribution is -0.0420. The van der Waals surface area contributed by atoms with Crippen molar-refractivity contribution in [3.8, 4) is 0 Å². The number of amides is 1. The van der Waals surface area contributed by atoms with E-state index in [1.807, 2.05) is 18.7 Å². The number of rotatable bonds is 7. The molecule has 0 unspecified atom stereocenters. The lowest BCUT2D eigenvalue weighted by Crippen LogP contribution is -2.63. The number of carbonyl (C=O) groups excluding carboxylic acids is 1. The van der Waals surface area contributed by atoms with Crippen LogP contribution in [0.1, 0.15) is 72.9 Å². The standard InChI is InChI=1S/C34H45ClN6O3S2/c1-24-21-39(34(4)11-15-38(16-12-34)33(42)31-25(2)36-23-37-26(31)3)17-18-41(24)32(28-10-19-45-22-28)27-8-13-40(14-9-27)46(43,44)30-7-5-6-29(35)20-30/h5-7,10,19-20,22-24,27,32H,8-9,11-18,21H2,1-4H3/t24-,32-/m0/s1. The molecule has 1 amide bonds. The van der Waals surface area contributed by atoms with Crippen LogP contribution in [0, 0.1) is 19.8 Å². The molecule has 0 spiro atoms. The van der Waals surface area contributed by atoms with Crippen LogP contribution in [-0.4, -0.2) is 101 Å². The summed E-state index contributed by atoms with van der Waals surface area (Å²) < 4.78 is 28.4. The average molecular weight is 685 g/mol. The van der Waals surface area contributed by atoms with Crippen LogP contribution >= 0.6 is 22.9 Å². The van der Waals surface area contributed by atoms with Crippen molar-refractivity contribution in [2.24, 2.45) is 5.92 Å². The summed E-state index contributed by atoms with van der Waals surface area (Å²) in [6, 6.07) is 9.42. The Morgan fingerprint density at radius 3 is 2.33 bits per heavy atom. The van der Waals surface area contributed by atoms with Crippen LogP contribution in [0.5, 0.6) is 0 Å². The van der Waals surface area contributed by atoms with Gasteiger partial charge < -0.3 is 4.90 Å². The minimum absolute atomic E-state index is 0.0340. The van der Waals surface area contributed by atoms with Crippen molar-refractivity contribution in [1.82, 2.24) is 29.0 Å². The molecule has 5 heterocycles. The third kappa shape index (κ3) is 6.64. The second-order valence-electron chi connectivity index (χ2n) is 13.4. The fourth-order valence-electron chi connectivity index (χ4n) is 7.83. The van der Waals surface area contributed by atoms with Gasteiger partial charge in [-0.15, -0.1) is 0 Å². The van der Waals surface area contributed by atoms with Gasteiger partial charge in [0.1, 0.15) is 6.33 Å². The van der Waals surface area contributed by atoms with Gasteiger partial charge in [0.15, 0.2) is 0 Å². The van der Waals surface area contributed by atoms with E-state index < -0.39 is 10.0 Å². The van der Waals surface area contributed by atoms with E-state index in [0.717, 1.165) is 69.8 Å². The minimum Gasteiger partial charge on any atom is -0.338 e. The highest BCUT2D eigenvalue weighted by Gasteiger charge is 2.43. The van der Waals surface area contributed by atoms with Crippen molar-refractivity contribution in [2.45, 2.75) is 75.9 Å². The monoisotopic (exact) mass is 684 g/mol. The van der Waals surface area contributed by atoms with E-state index in [4.69, 9.17) is 11.6 Å². The van der Waals surface area contributed by atoms with Crippen LogP contribution in [0.2, 0.25) is 5.02 Å². The zero-order valence-corrected chi connectivity index (χ0v) is 29.6. The summed E-state index contributed by atoms with van der Waals surface area (Å²) >= 11 is 7.85. The second-order valence-corrected chi connectivity index (χ2v) is 16.6. The fraction of sp³-hybridized carbons (Fsp3) is 0.559. The van der Waals surface area contributed by atoms with Crippen LogP contribution in [0.3, 0.4) is 0 Å². The Bertz CT molecular complexity index is 1620. The van der Waals surface area contributed by atoms with Gasteiger partial charge in [0.2, 0.25) is 10.0 Å². The third-order valence-electron chi connectivity index (χ3n) is 10.6. The maximum Gasteiger partial charge on any atom is 0.257 e. The van der Waals surface area contributed by atoms with E-state index in [1.54, 1.807) is 39.9 Å². The molecule has 3 aliphatic heterocycles. The number of carbonyl (C=O) groups is 1. The van der Waals surface area contributed by atoms with Crippen LogP contribution in [-0.2, 0) is 10.0 Å². The topological polar surface area (TPSA) is 90.0 Å². The number of aromatic nitrogens is 2. The lowest BCUT2D eigenvalue weighted by atomic mass is 9.83. The first-order valence-electron chi connectivity index (χ1n) is 16.3. The summed E-state index contributed by atoms with van der Waals surface area (Å²) in [4.78, 5) is 29.5. The summed E-state index contributed by atoms with van der Waals surface area (Å²) in [5.74, 6) is 0.411. The normalized spacial score (nSPS) is 23.0. The Morgan fingerprint density at radius 2 is 1.72 bits per heavy atom. The van der Waals surface area contributed by atoms with Gasteiger partial charge in [-0.3, -0.25) is 14.6 Å². The van der Waals surface area contributed by atoms with Crippen LogP contribution < -0.4 is 0 Å². The minimum atomic E-state index is -3.58. The highest BCUT2D eigenvalue weighted by atomic mass is 35.5. The predicted octanol–water partition coefficient (Wildman–Crippen LogP) is 5.65. The predicted molar refractivity (Wildman–Crippen MR) is 183 cm³/mol. The molecule has 3 aromatic rings. The molecule has 46 heavy (non-hydrogen) atoms. The highest BCUT2D eigenvalue weighted by Crippen LogP contribution is 2.41.